The van der Waals surface area contributed by atoms with Gasteiger partial charge in [0.1, 0.15) is 5.82 Å². The molecule has 1 unspecified atom stereocenters. The first kappa shape index (κ1) is 19.3. The predicted molar refractivity (Wildman–Crippen MR) is 110 cm³/mol. The number of aryl methyl sites for hydroxylation is 3. The standard InChI is InChI=1S/C23H26N4O2/c1-14-7-9-18(10-8-14)12-21(28)27-11-5-6-20(27)22-19(13-24-17(4)25-22)23-15(2)16(3)26-29-23/h7-10,13,20H,5-6,11-12H2,1-4H3. The van der Waals surface area contributed by atoms with Gasteiger partial charge in [-0.3, -0.25) is 4.79 Å². The third-order valence-corrected chi connectivity index (χ3v) is 5.71. The first-order chi connectivity index (χ1) is 13.9. The number of hydrogen-bond acceptors (Lipinski definition) is 5. The van der Waals surface area contributed by atoms with Crippen molar-refractivity contribution in [2.24, 2.45) is 0 Å². The van der Waals surface area contributed by atoms with Crippen LogP contribution in [0.4, 0.5) is 0 Å². The summed E-state index contributed by atoms with van der Waals surface area (Å²) >= 11 is 0. The maximum atomic E-state index is 13.1. The molecule has 150 valence electrons. The number of nitrogens with zero attached hydrogens (tertiary/aromatic N) is 4. The highest BCUT2D eigenvalue weighted by atomic mass is 16.5. The predicted octanol–water partition coefficient (Wildman–Crippen LogP) is 4.27. The molecular formula is C23H26N4O2. The lowest BCUT2D eigenvalue weighted by Crippen LogP contribution is -2.32. The minimum atomic E-state index is -0.0746. The second kappa shape index (κ2) is 7.78. The summed E-state index contributed by atoms with van der Waals surface area (Å²) in [6, 6.07) is 8.07. The molecule has 0 aliphatic carbocycles. The Morgan fingerprint density at radius 2 is 1.93 bits per heavy atom. The first-order valence-electron chi connectivity index (χ1n) is 10.1. The lowest BCUT2D eigenvalue weighted by molar-refractivity contribution is -0.131. The molecule has 0 saturated carbocycles. The van der Waals surface area contributed by atoms with Gasteiger partial charge >= 0.3 is 0 Å². The Balaban J connectivity index is 1.66. The molecule has 1 aromatic carbocycles. The molecule has 3 heterocycles. The summed E-state index contributed by atoms with van der Waals surface area (Å²) in [4.78, 5) is 24.2. The van der Waals surface area contributed by atoms with E-state index in [1.165, 1.54) is 5.56 Å². The quantitative estimate of drug-likeness (QED) is 0.665. The molecule has 2 aromatic heterocycles. The minimum absolute atomic E-state index is 0.0746. The average Bonchev–Trinajstić information content (AvgIpc) is 3.31. The van der Waals surface area contributed by atoms with Crippen LogP contribution in [0.1, 0.15) is 52.8 Å². The highest BCUT2D eigenvalue weighted by molar-refractivity contribution is 5.80. The summed E-state index contributed by atoms with van der Waals surface area (Å²) in [5.74, 6) is 1.51. The van der Waals surface area contributed by atoms with E-state index in [1.807, 2.05) is 56.9 Å². The van der Waals surface area contributed by atoms with Gasteiger partial charge in [-0.1, -0.05) is 35.0 Å². The fraction of sp³-hybridized carbons (Fsp3) is 0.391. The molecule has 6 heteroatoms. The van der Waals surface area contributed by atoms with Crippen molar-refractivity contribution in [3.63, 3.8) is 0 Å². The third kappa shape index (κ3) is 3.79. The number of amides is 1. The monoisotopic (exact) mass is 390 g/mol. The van der Waals surface area contributed by atoms with Crippen LogP contribution in [0.15, 0.2) is 35.0 Å². The Labute approximate surface area is 171 Å². The van der Waals surface area contributed by atoms with Crippen molar-refractivity contribution in [1.29, 1.82) is 0 Å². The summed E-state index contributed by atoms with van der Waals surface area (Å²) in [5, 5.41) is 4.09. The zero-order valence-corrected chi connectivity index (χ0v) is 17.4. The fourth-order valence-electron chi connectivity index (χ4n) is 3.91. The maximum absolute atomic E-state index is 13.1. The summed E-state index contributed by atoms with van der Waals surface area (Å²) < 4.78 is 5.59. The molecule has 0 spiro atoms. The smallest absolute Gasteiger partial charge is 0.227 e. The van der Waals surface area contributed by atoms with Gasteiger partial charge in [0.15, 0.2) is 5.76 Å². The Morgan fingerprint density at radius 3 is 2.62 bits per heavy atom. The molecule has 4 rings (SSSR count). The van der Waals surface area contributed by atoms with E-state index < -0.39 is 0 Å². The number of carbonyl (C=O) groups excluding carboxylic acids is 1. The Kier molecular flexibility index (Phi) is 5.18. The van der Waals surface area contributed by atoms with Gasteiger partial charge in [-0.25, -0.2) is 9.97 Å². The van der Waals surface area contributed by atoms with Gasteiger partial charge in [-0.15, -0.1) is 0 Å². The van der Waals surface area contributed by atoms with Crippen LogP contribution in [0.25, 0.3) is 11.3 Å². The van der Waals surface area contributed by atoms with E-state index in [0.29, 0.717) is 18.0 Å². The minimum Gasteiger partial charge on any atom is -0.356 e. The largest absolute Gasteiger partial charge is 0.356 e. The molecule has 1 amide bonds. The van der Waals surface area contributed by atoms with Gasteiger partial charge < -0.3 is 9.42 Å². The van der Waals surface area contributed by atoms with E-state index in [0.717, 1.165) is 47.5 Å². The van der Waals surface area contributed by atoms with Crippen LogP contribution in [0.5, 0.6) is 0 Å². The summed E-state index contributed by atoms with van der Waals surface area (Å²) in [6.07, 6.45) is 4.04. The van der Waals surface area contributed by atoms with Crippen LogP contribution in [0.2, 0.25) is 0 Å². The summed E-state index contributed by atoms with van der Waals surface area (Å²) in [7, 11) is 0. The zero-order valence-electron chi connectivity index (χ0n) is 17.4. The molecule has 1 saturated heterocycles. The number of hydrogen-bond donors (Lipinski definition) is 0. The number of carbonyl (C=O) groups is 1. The van der Waals surface area contributed by atoms with E-state index in [2.05, 4.69) is 10.1 Å². The third-order valence-electron chi connectivity index (χ3n) is 5.71. The maximum Gasteiger partial charge on any atom is 0.227 e. The number of aromatic nitrogens is 3. The van der Waals surface area contributed by atoms with Crippen molar-refractivity contribution in [2.45, 2.75) is 53.0 Å². The number of benzene rings is 1. The molecule has 1 fully saturated rings. The van der Waals surface area contributed by atoms with Crippen molar-refractivity contribution in [1.82, 2.24) is 20.0 Å². The van der Waals surface area contributed by atoms with Crippen LogP contribution in [0, 0.1) is 27.7 Å². The fourth-order valence-corrected chi connectivity index (χ4v) is 3.91. The van der Waals surface area contributed by atoms with Crippen LogP contribution in [-0.2, 0) is 11.2 Å². The van der Waals surface area contributed by atoms with Gasteiger partial charge in [-0.05, 0) is 46.1 Å². The topological polar surface area (TPSA) is 72.1 Å². The average molecular weight is 390 g/mol. The summed E-state index contributed by atoms with van der Waals surface area (Å²) in [6.45, 7) is 8.57. The number of rotatable bonds is 4. The zero-order chi connectivity index (χ0) is 20.5. The molecule has 6 nitrogen and oxygen atoms in total. The second-order valence-electron chi connectivity index (χ2n) is 7.85. The van der Waals surface area contributed by atoms with Gasteiger partial charge in [0.2, 0.25) is 5.91 Å². The highest BCUT2D eigenvalue weighted by Crippen LogP contribution is 2.38. The van der Waals surface area contributed by atoms with Gasteiger partial charge in [0.25, 0.3) is 0 Å². The molecule has 1 atom stereocenters. The second-order valence-corrected chi connectivity index (χ2v) is 7.85. The number of likely N-dealkylation sites (tertiary alicyclic amines) is 1. The van der Waals surface area contributed by atoms with Gasteiger partial charge in [-0.2, -0.15) is 0 Å². The molecule has 1 aliphatic rings. The Bertz CT molecular complexity index is 1040. The van der Waals surface area contributed by atoms with Crippen molar-refractivity contribution in [3.05, 3.63) is 64.4 Å². The molecule has 0 radical (unpaired) electrons. The van der Waals surface area contributed by atoms with Crippen LogP contribution in [-0.4, -0.2) is 32.5 Å². The van der Waals surface area contributed by atoms with E-state index in [4.69, 9.17) is 9.51 Å². The molecule has 0 bridgehead atoms. The van der Waals surface area contributed by atoms with Crippen molar-refractivity contribution in [2.75, 3.05) is 6.54 Å². The van der Waals surface area contributed by atoms with Crippen molar-refractivity contribution < 1.29 is 9.32 Å². The highest BCUT2D eigenvalue weighted by Gasteiger charge is 2.34. The van der Waals surface area contributed by atoms with Crippen LogP contribution < -0.4 is 0 Å². The van der Waals surface area contributed by atoms with Crippen molar-refractivity contribution in [3.8, 4) is 11.3 Å². The molecular weight excluding hydrogens is 364 g/mol. The van der Waals surface area contributed by atoms with Crippen LogP contribution >= 0.6 is 0 Å². The molecule has 29 heavy (non-hydrogen) atoms. The van der Waals surface area contributed by atoms with Crippen molar-refractivity contribution >= 4 is 5.91 Å². The van der Waals surface area contributed by atoms with Gasteiger partial charge in [0, 0.05) is 18.3 Å². The van der Waals surface area contributed by atoms with E-state index >= 15 is 0 Å². The van der Waals surface area contributed by atoms with Gasteiger partial charge in [0.05, 0.1) is 29.4 Å². The van der Waals surface area contributed by atoms with E-state index in [-0.39, 0.29) is 11.9 Å². The summed E-state index contributed by atoms with van der Waals surface area (Å²) in [5.41, 5.74) is 5.74. The SMILES string of the molecule is Cc1ccc(CC(=O)N2CCCC2c2nc(C)ncc2-c2onc(C)c2C)cc1. The Morgan fingerprint density at radius 1 is 1.17 bits per heavy atom. The lowest BCUT2D eigenvalue weighted by atomic mass is 10.0. The van der Waals surface area contributed by atoms with E-state index in [9.17, 15) is 4.79 Å². The van der Waals surface area contributed by atoms with E-state index in [1.54, 1.807) is 6.20 Å². The molecule has 0 N–H and O–H groups in total. The lowest BCUT2D eigenvalue weighted by Gasteiger charge is -2.26. The molecule has 1 aliphatic heterocycles. The van der Waals surface area contributed by atoms with Crippen LogP contribution in [0.3, 0.4) is 0 Å². The Hall–Kier alpha value is -3.02. The normalized spacial score (nSPS) is 16.4. The molecule has 3 aromatic rings. The first-order valence-corrected chi connectivity index (χ1v) is 10.1.